The second-order valence-corrected chi connectivity index (χ2v) is 5.49. The first kappa shape index (κ1) is 15.4. The highest BCUT2D eigenvalue weighted by Crippen LogP contribution is 2.29. The molecule has 0 aliphatic heterocycles. The number of benzene rings is 1. The molecule has 0 saturated heterocycles. The van der Waals surface area contributed by atoms with E-state index in [1.165, 1.54) is 0 Å². The highest BCUT2D eigenvalue weighted by Gasteiger charge is 2.15. The summed E-state index contributed by atoms with van der Waals surface area (Å²) in [5.41, 5.74) is 1.93. The average Bonchev–Trinajstić information content (AvgIpc) is 2.99. The van der Waals surface area contributed by atoms with Crippen molar-refractivity contribution in [1.29, 1.82) is 0 Å². The Bertz CT molecular complexity index is 596. The van der Waals surface area contributed by atoms with Crippen LogP contribution in [0.5, 0.6) is 11.5 Å². The number of carbonyl (C=O) groups excluding carboxylic acids is 1. The van der Waals surface area contributed by atoms with Gasteiger partial charge in [0.05, 0.1) is 26.7 Å². The molecule has 0 aliphatic rings. The monoisotopic (exact) mass is 305 g/mol. The molecule has 0 fully saturated rings. The first-order valence-electron chi connectivity index (χ1n) is 6.66. The molecule has 0 radical (unpaired) electrons. The summed E-state index contributed by atoms with van der Waals surface area (Å²) < 4.78 is 10.6. The Hall–Kier alpha value is -2.01. The molecule has 5 heteroatoms. The standard InChI is InChI=1S/C16H19NO3S/c1-11(17-16(18)8-12-6-7-21-10-12)14-9-13(19-2)4-5-15(14)20-3/h4-7,9-11H,8H2,1-3H3,(H,17,18). The molecule has 21 heavy (non-hydrogen) atoms. The fourth-order valence-corrected chi connectivity index (χ4v) is 2.80. The summed E-state index contributed by atoms with van der Waals surface area (Å²) in [5.74, 6) is 1.47. The third-order valence-corrected chi connectivity index (χ3v) is 3.96. The van der Waals surface area contributed by atoms with Crippen molar-refractivity contribution in [2.24, 2.45) is 0 Å². The highest BCUT2D eigenvalue weighted by molar-refractivity contribution is 7.07. The van der Waals surface area contributed by atoms with E-state index in [2.05, 4.69) is 5.32 Å². The van der Waals surface area contributed by atoms with Crippen molar-refractivity contribution in [2.75, 3.05) is 14.2 Å². The van der Waals surface area contributed by atoms with Crippen LogP contribution in [0.2, 0.25) is 0 Å². The minimum Gasteiger partial charge on any atom is -0.497 e. The molecular formula is C16H19NO3S. The lowest BCUT2D eigenvalue weighted by molar-refractivity contribution is -0.121. The summed E-state index contributed by atoms with van der Waals surface area (Å²) in [6.07, 6.45) is 0.389. The molecule has 2 rings (SSSR count). The molecule has 1 heterocycles. The molecule has 4 nitrogen and oxygen atoms in total. The van der Waals surface area contributed by atoms with Crippen molar-refractivity contribution >= 4 is 17.2 Å². The van der Waals surface area contributed by atoms with Crippen LogP contribution >= 0.6 is 11.3 Å². The van der Waals surface area contributed by atoms with E-state index >= 15 is 0 Å². The number of hydrogen-bond donors (Lipinski definition) is 1. The van der Waals surface area contributed by atoms with Crippen LogP contribution in [-0.4, -0.2) is 20.1 Å². The topological polar surface area (TPSA) is 47.6 Å². The number of rotatable bonds is 6. The molecular weight excluding hydrogens is 286 g/mol. The number of thiophene rings is 1. The van der Waals surface area contributed by atoms with Crippen LogP contribution in [0.1, 0.15) is 24.1 Å². The van der Waals surface area contributed by atoms with Crippen LogP contribution < -0.4 is 14.8 Å². The SMILES string of the molecule is COc1ccc(OC)c(C(C)NC(=O)Cc2ccsc2)c1. The van der Waals surface area contributed by atoms with E-state index in [-0.39, 0.29) is 11.9 Å². The summed E-state index contributed by atoms with van der Waals surface area (Å²) in [5, 5.41) is 6.94. The number of methoxy groups -OCH3 is 2. The first-order valence-corrected chi connectivity index (χ1v) is 7.60. The van der Waals surface area contributed by atoms with Crippen molar-refractivity contribution in [2.45, 2.75) is 19.4 Å². The van der Waals surface area contributed by atoms with Gasteiger partial charge in [0.15, 0.2) is 0 Å². The Morgan fingerprint density at radius 3 is 2.71 bits per heavy atom. The van der Waals surface area contributed by atoms with Gasteiger partial charge in [-0.05, 0) is 47.5 Å². The van der Waals surface area contributed by atoms with E-state index in [0.29, 0.717) is 6.42 Å². The molecule has 1 unspecified atom stereocenters. The predicted molar refractivity (Wildman–Crippen MR) is 84.1 cm³/mol. The first-order chi connectivity index (χ1) is 10.1. The van der Waals surface area contributed by atoms with Crippen molar-refractivity contribution in [3.8, 4) is 11.5 Å². The van der Waals surface area contributed by atoms with Crippen LogP contribution in [0.15, 0.2) is 35.0 Å². The van der Waals surface area contributed by atoms with Gasteiger partial charge >= 0.3 is 0 Å². The van der Waals surface area contributed by atoms with Crippen molar-refractivity contribution in [3.05, 3.63) is 46.2 Å². The minimum atomic E-state index is -0.152. The number of hydrogen-bond acceptors (Lipinski definition) is 4. The summed E-state index contributed by atoms with van der Waals surface area (Å²) in [6.45, 7) is 1.93. The second-order valence-electron chi connectivity index (χ2n) is 4.71. The Balaban J connectivity index is 2.08. The Morgan fingerprint density at radius 1 is 1.29 bits per heavy atom. The fraction of sp³-hybridized carbons (Fsp3) is 0.312. The lowest BCUT2D eigenvalue weighted by Gasteiger charge is -2.18. The van der Waals surface area contributed by atoms with E-state index in [4.69, 9.17) is 9.47 Å². The maximum atomic E-state index is 12.1. The van der Waals surface area contributed by atoms with Crippen LogP contribution in [0.3, 0.4) is 0 Å². The molecule has 0 spiro atoms. The lowest BCUT2D eigenvalue weighted by atomic mass is 10.1. The van der Waals surface area contributed by atoms with Gasteiger partial charge in [-0.25, -0.2) is 0 Å². The van der Waals surface area contributed by atoms with Gasteiger partial charge in [-0.3, -0.25) is 4.79 Å². The zero-order chi connectivity index (χ0) is 15.2. The van der Waals surface area contributed by atoms with E-state index in [1.807, 2.05) is 41.9 Å². The maximum Gasteiger partial charge on any atom is 0.224 e. The molecule has 1 amide bonds. The van der Waals surface area contributed by atoms with E-state index < -0.39 is 0 Å². The van der Waals surface area contributed by atoms with Crippen molar-refractivity contribution in [1.82, 2.24) is 5.32 Å². The van der Waals surface area contributed by atoms with Gasteiger partial charge in [-0.15, -0.1) is 0 Å². The smallest absolute Gasteiger partial charge is 0.224 e. The fourth-order valence-electron chi connectivity index (χ4n) is 2.13. The average molecular weight is 305 g/mol. The third kappa shape index (κ3) is 3.98. The molecule has 2 aromatic rings. The van der Waals surface area contributed by atoms with Gasteiger partial charge in [-0.2, -0.15) is 11.3 Å². The van der Waals surface area contributed by atoms with Gasteiger partial charge < -0.3 is 14.8 Å². The number of nitrogens with one attached hydrogen (secondary N) is 1. The molecule has 0 bridgehead atoms. The summed E-state index contributed by atoms with van der Waals surface area (Å²) >= 11 is 1.59. The van der Waals surface area contributed by atoms with Gasteiger partial charge in [0.2, 0.25) is 5.91 Å². The number of amides is 1. The van der Waals surface area contributed by atoms with Gasteiger partial charge in [0.1, 0.15) is 11.5 Å². The van der Waals surface area contributed by atoms with Crippen LogP contribution in [-0.2, 0) is 11.2 Å². The number of carbonyl (C=O) groups is 1. The van der Waals surface area contributed by atoms with Crippen LogP contribution in [0.4, 0.5) is 0 Å². The Morgan fingerprint density at radius 2 is 2.10 bits per heavy atom. The Kier molecular flexibility index (Phi) is 5.22. The highest BCUT2D eigenvalue weighted by atomic mass is 32.1. The van der Waals surface area contributed by atoms with Crippen molar-refractivity contribution in [3.63, 3.8) is 0 Å². The molecule has 1 N–H and O–H groups in total. The largest absolute Gasteiger partial charge is 0.497 e. The maximum absolute atomic E-state index is 12.1. The summed E-state index contributed by atoms with van der Waals surface area (Å²) in [6, 6.07) is 7.37. The van der Waals surface area contributed by atoms with Crippen LogP contribution in [0, 0.1) is 0 Å². The molecule has 1 aromatic carbocycles. The zero-order valence-electron chi connectivity index (χ0n) is 12.4. The van der Waals surface area contributed by atoms with E-state index in [9.17, 15) is 4.79 Å². The van der Waals surface area contributed by atoms with Gasteiger partial charge in [0, 0.05) is 5.56 Å². The van der Waals surface area contributed by atoms with E-state index in [0.717, 1.165) is 22.6 Å². The van der Waals surface area contributed by atoms with Crippen molar-refractivity contribution < 1.29 is 14.3 Å². The second kappa shape index (κ2) is 7.13. The summed E-state index contributed by atoms with van der Waals surface area (Å²) in [7, 11) is 3.23. The Labute approximate surface area is 128 Å². The summed E-state index contributed by atoms with van der Waals surface area (Å²) in [4.78, 5) is 12.1. The molecule has 0 saturated carbocycles. The van der Waals surface area contributed by atoms with E-state index in [1.54, 1.807) is 25.6 Å². The minimum absolute atomic E-state index is 0.00854. The zero-order valence-corrected chi connectivity index (χ0v) is 13.2. The van der Waals surface area contributed by atoms with Gasteiger partial charge in [-0.1, -0.05) is 0 Å². The molecule has 0 aliphatic carbocycles. The molecule has 1 atom stereocenters. The quantitative estimate of drug-likeness (QED) is 0.891. The molecule has 112 valence electrons. The lowest BCUT2D eigenvalue weighted by Crippen LogP contribution is -2.28. The normalized spacial score (nSPS) is 11.8. The van der Waals surface area contributed by atoms with Crippen LogP contribution in [0.25, 0.3) is 0 Å². The number of ether oxygens (including phenoxy) is 2. The predicted octanol–water partition coefficient (Wildman–Crippen LogP) is 3.19. The van der Waals surface area contributed by atoms with Gasteiger partial charge in [0.25, 0.3) is 0 Å². The third-order valence-electron chi connectivity index (χ3n) is 3.23. The molecule has 1 aromatic heterocycles.